The van der Waals surface area contributed by atoms with Crippen LogP contribution in [0.25, 0.3) is 0 Å². The Morgan fingerprint density at radius 3 is 2.59 bits per heavy atom. The second-order valence-electron chi connectivity index (χ2n) is 4.40. The maximum Gasteiger partial charge on any atom is 0.164 e. The Hall–Kier alpha value is -0.840. The largest absolute Gasteiger partial charge is 0.505 e. The summed E-state index contributed by atoms with van der Waals surface area (Å²) in [5.41, 5.74) is 6.76. The average molecular weight is 261 g/mol. The third-order valence-corrected chi connectivity index (χ3v) is 3.05. The highest BCUT2D eigenvalue weighted by Crippen LogP contribution is 2.19. The van der Waals surface area contributed by atoms with Crippen LogP contribution in [0.1, 0.15) is 18.4 Å². The number of nitrogens with two attached hydrogens (primary N) is 1. The molecule has 0 aromatic heterocycles. The van der Waals surface area contributed by atoms with Crippen LogP contribution in [0.3, 0.4) is 0 Å². The predicted molar refractivity (Wildman–Crippen MR) is 67.8 cm³/mol. The van der Waals surface area contributed by atoms with Gasteiger partial charge in [-0.1, -0.05) is 6.07 Å². The van der Waals surface area contributed by atoms with Crippen molar-refractivity contribution in [3.8, 4) is 5.75 Å². The minimum Gasteiger partial charge on any atom is -0.505 e. The Kier molecular flexibility index (Phi) is 5.18. The molecule has 0 atom stereocenters. The van der Waals surface area contributed by atoms with Gasteiger partial charge in [-0.3, -0.25) is 4.90 Å². The van der Waals surface area contributed by atoms with Gasteiger partial charge >= 0.3 is 0 Å². The van der Waals surface area contributed by atoms with Crippen molar-refractivity contribution in [1.82, 2.24) is 4.90 Å². The van der Waals surface area contributed by atoms with Crippen molar-refractivity contribution < 1.29 is 9.50 Å². The number of hydrogen-bond acceptors (Lipinski definition) is 3. The zero-order valence-electron chi connectivity index (χ0n) is 9.60. The lowest BCUT2D eigenvalue weighted by molar-refractivity contribution is 0.205. The Labute approximate surface area is 107 Å². The van der Waals surface area contributed by atoms with E-state index >= 15 is 0 Å². The van der Waals surface area contributed by atoms with Gasteiger partial charge in [0.25, 0.3) is 0 Å². The Morgan fingerprint density at radius 2 is 2.00 bits per heavy atom. The van der Waals surface area contributed by atoms with Gasteiger partial charge in [-0.05, 0) is 43.6 Å². The zero-order chi connectivity index (χ0) is 11.5. The molecule has 3 N–H and O–H groups in total. The Balaban J connectivity index is 0.00000144. The molecule has 0 radical (unpaired) electrons. The summed E-state index contributed by atoms with van der Waals surface area (Å²) in [6.07, 6.45) is 2.01. The Morgan fingerprint density at radius 1 is 1.35 bits per heavy atom. The lowest BCUT2D eigenvalue weighted by Gasteiger charge is -2.30. The first kappa shape index (κ1) is 14.2. The standard InChI is InChI=1S/C12H17FN2O.ClH/c13-11-2-1-9(7-12(11)16)8-15-5-3-10(14)4-6-15;/h1-2,7,10,16H,3-6,8,14H2;1H. The molecule has 1 aromatic rings. The molecular weight excluding hydrogens is 243 g/mol. The maximum absolute atomic E-state index is 12.8. The van der Waals surface area contributed by atoms with E-state index in [1.807, 2.05) is 0 Å². The highest BCUT2D eigenvalue weighted by atomic mass is 35.5. The first-order valence-electron chi connectivity index (χ1n) is 5.60. The summed E-state index contributed by atoms with van der Waals surface area (Å²) in [4.78, 5) is 2.27. The minimum atomic E-state index is -0.565. The smallest absolute Gasteiger partial charge is 0.164 e. The molecule has 1 aliphatic heterocycles. The number of phenolic OH excluding ortho intramolecular Hbond substituents is 1. The van der Waals surface area contributed by atoms with Crippen LogP contribution >= 0.6 is 12.4 Å². The SMILES string of the molecule is Cl.NC1CCN(Cc2ccc(F)c(O)c2)CC1. The summed E-state index contributed by atoms with van der Waals surface area (Å²) in [5.74, 6) is -0.837. The first-order valence-corrected chi connectivity index (χ1v) is 5.60. The van der Waals surface area contributed by atoms with Crippen LogP contribution in [-0.2, 0) is 6.54 Å². The number of piperidine rings is 1. The van der Waals surface area contributed by atoms with E-state index in [1.165, 1.54) is 12.1 Å². The van der Waals surface area contributed by atoms with E-state index in [0.717, 1.165) is 38.0 Å². The third-order valence-electron chi connectivity index (χ3n) is 3.05. The van der Waals surface area contributed by atoms with Crippen molar-refractivity contribution in [2.24, 2.45) is 5.73 Å². The van der Waals surface area contributed by atoms with Crippen LogP contribution < -0.4 is 5.73 Å². The summed E-state index contributed by atoms with van der Waals surface area (Å²) < 4.78 is 12.8. The van der Waals surface area contributed by atoms with Crippen molar-refractivity contribution in [3.63, 3.8) is 0 Å². The summed E-state index contributed by atoms with van der Waals surface area (Å²) in [5, 5.41) is 9.26. The number of hydrogen-bond donors (Lipinski definition) is 2. The van der Waals surface area contributed by atoms with E-state index in [9.17, 15) is 9.50 Å². The monoisotopic (exact) mass is 260 g/mol. The van der Waals surface area contributed by atoms with Gasteiger partial charge in [0.2, 0.25) is 0 Å². The lowest BCUT2D eigenvalue weighted by Crippen LogP contribution is -2.39. The second-order valence-corrected chi connectivity index (χ2v) is 4.40. The fourth-order valence-electron chi connectivity index (χ4n) is 2.03. The zero-order valence-corrected chi connectivity index (χ0v) is 10.4. The molecule has 0 bridgehead atoms. The normalized spacial score (nSPS) is 17.8. The highest BCUT2D eigenvalue weighted by molar-refractivity contribution is 5.85. The van der Waals surface area contributed by atoms with Gasteiger partial charge in [-0.15, -0.1) is 12.4 Å². The fraction of sp³-hybridized carbons (Fsp3) is 0.500. The molecule has 3 nitrogen and oxygen atoms in total. The molecule has 0 spiro atoms. The van der Waals surface area contributed by atoms with E-state index in [1.54, 1.807) is 6.07 Å². The number of phenols is 1. The summed E-state index contributed by atoms with van der Waals surface area (Å²) in [6.45, 7) is 2.69. The van der Waals surface area contributed by atoms with Crippen molar-refractivity contribution in [2.75, 3.05) is 13.1 Å². The van der Waals surface area contributed by atoms with E-state index in [-0.39, 0.29) is 18.2 Å². The van der Waals surface area contributed by atoms with Gasteiger partial charge in [-0.25, -0.2) is 4.39 Å². The molecule has 96 valence electrons. The number of benzene rings is 1. The molecule has 0 saturated carbocycles. The van der Waals surface area contributed by atoms with Crippen LogP contribution in [0.2, 0.25) is 0 Å². The van der Waals surface area contributed by atoms with Crippen molar-refractivity contribution >= 4 is 12.4 Å². The quantitative estimate of drug-likeness (QED) is 0.854. The van der Waals surface area contributed by atoms with Crippen LogP contribution in [-0.4, -0.2) is 29.1 Å². The van der Waals surface area contributed by atoms with Crippen molar-refractivity contribution in [2.45, 2.75) is 25.4 Å². The van der Waals surface area contributed by atoms with Crippen LogP contribution in [0, 0.1) is 5.82 Å². The lowest BCUT2D eigenvalue weighted by atomic mass is 10.1. The summed E-state index contributed by atoms with van der Waals surface area (Å²) >= 11 is 0. The number of rotatable bonds is 2. The van der Waals surface area contributed by atoms with Gasteiger partial charge in [0.1, 0.15) is 0 Å². The third kappa shape index (κ3) is 3.84. The van der Waals surface area contributed by atoms with E-state index in [0.29, 0.717) is 6.04 Å². The summed E-state index contributed by atoms with van der Waals surface area (Å²) in [6, 6.07) is 4.83. The topological polar surface area (TPSA) is 49.5 Å². The molecule has 0 aliphatic carbocycles. The molecule has 1 heterocycles. The molecule has 1 saturated heterocycles. The van der Waals surface area contributed by atoms with Crippen LogP contribution in [0.4, 0.5) is 4.39 Å². The molecule has 2 rings (SSSR count). The van der Waals surface area contributed by atoms with Gasteiger partial charge in [-0.2, -0.15) is 0 Å². The molecule has 0 amide bonds. The van der Waals surface area contributed by atoms with Gasteiger partial charge in [0.15, 0.2) is 11.6 Å². The van der Waals surface area contributed by atoms with Gasteiger partial charge < -0.3 is 10.8 Å². The first-order chi connectivity index (χ1) is 7.65. The van der Waals surface area contributed by atoms with Crippen molar-refractivity contribution in [3.05, 3.63) is 29.6 Å². The Bertz CT molecular complexity index is 368. The van der Waals surface area contributed by atoms with Gasteiger partial charge in [0.05, 0.1) is 0 Å². The number of aromatic hydroxyl groups is 1. The van der Waals surface area contributed by atoms with Crippen molar-refractivity contribution in [1.29, 1.82) is 0 Å². The predicted octanol–water partition coefficient (Wildman–Crippen LogP) is 1.88. The van der Waals surface area contributed by atoms with Gasteiger partial charge in [0, 0.05) is 12.6 Å². The molecule has 1 aliphatic rings. The number of halogens is 2. The highest BCUT2D eigenvalue weighted by Gasteiger charge is 2.16. The average Bonchev–Trinajstić information content (AvgIpc) is 2.27. The second kappa shape index (κ2) is 6.19. The maximum atomic E-state index is 12.8. The van der Waals surface area contributed by atoms with Crippen LogP contribution in [0.15, 0.2) is 18.2 Å². The molecule has 17 heavy (non-hydrogen) atoms. The number of likely N-dealkylation sites (tertiary alicyclic amines) is 1. The summed E-state index contributed by atoms with van der Waals surface area (Å²) in [7, 11) is 0. The van der Waals surface area contributed by atoms with E-state index in [4.69, 9.17) is 5.73 Å². The van der Waals surface area contributed by atoms with E-state index < -0.39 is 5.82 Å². The van der Waals surface area contributed by atoms with E-state index in [2.05, 4.69) is 4.90 Å². The molecule has 5 heteroatoms. The molecule has 1 aromatic carbocycles. The minimum absolute atomic E-state index is 0. The van der Waals surface area contributed by atoms with Crippen LogP contribution in [0.5, 0.6) is 5.75 Å². The molecule has 1 fully saturated rings. The number of nitrogens with zero attached hydrogens (tertiary/aromatic N) is 1. The molecule has 0 unspecified atom stereocenters. The fourth-order valence-corrected chi connectivity index (χ4v) is 2.03. The molecular formula is C12H18ClFN2O.